The van der Waals surface area contributed by atoms with Crippen LogP contribution in [0.3, 0.4) is 0 Å². The minimum Gasteiger partial charge on any atom is -0.312 e. The molecule has 88 valence electrons. The van der Waals surface area contributed by atoms with Crippen LogP contribution in [0.1, 0.15) is 24.8 Å². The Morgan fingerprint density at radius 1 is 1.44 bits per heavy atom. The van der Waals surface area contributed by atoms with Gasteiger partial charge in [-0.3, -0.25) is 4.98 Å². The van der Waals surface area contributed by atoms with Crippen molar-refractivity contribution in [2.75, 3.05) is 6.54 Å². The third-order valence-corrected chi connectivity index (χ3v) is 3.64. The fourth-order valence-corrected chi connectivity index (χ4v) is 2.55. The zero-order valence-corrected chi connectivity index (χ0v) is 9.88. The molecule has 2 nitrogen and oxygen atoms in total. The van der Waals surface area contributed by atoms with E-state index in [2.05, 4.69) is 10.3 Å². The highest BCUT2D eigenvalue weighted by Gasteiger charge is 2.24. The summed E-state index contributed by atoms with van der Waals surface area (Å²) in [6.45, 7) is 1.57. The summed E-state index contributed by atoms with van der Waals surface area (Å²) >= 11 is 6.17. The van der Waals surface area contributed by atoms with Crippen LogP contribution in [0.25, 0.3) is 0 Å². The van der Waals surface area contributed by atoms with Crippen LogP contribution in [0.2, 0.25) is 0 Å². The van der Waals surface area contributed by atoms with Crippen molar-refractivity contribution in [1.82, 2.24) is 10.3 Å². The number of aromatic nitrogens is 1. The second kappa shape index (κ2) is 5.60. The fraction of sp³-hybridized carbons (Fsp3) is 0.583. The highest BCUT2D eigenvalue weighted by atomic mass is 35.5. The summed E-state index contributed by atoms with van der Waals surface area (Å²) in [7, 11) is 0. The van der Waals surface area contributed by atoms with Crippen LogP contribution in [0.4, 0.5) is 4.39 Å². The minimum atomic E-state index is -0.282. The summed E-state index contributed by atoms with van der Waals surface area (Å²) in [5.41, 5.74) is 0.879. The number of nitrogens with one attached hydrogen (secondary N) is 1. The summed E-state index contributed by atoms with van der Waals surface area (Å²) in [6.07, 6.45) is 6.44. The van der Waals surface area contributed by atoms with Gasteiger partial charge in [-0.1, -0.05) is 6.42 Å². The second-order valence-corrected chi connectivity index (χ2v) is 4.91. The van der Waals surface area contributed by atoms with Crippen molar-refractivity contribution in [2.24, 2.45) is 5.92 Å². The molecule has 2 unspecified atom stereocenters. The van der Waals surface area contributed by atoms with E-state index in [0.717, 1.165) is 18.5 Å². The molecule has 0 bridgehead atoms. The fourth-order valence-electron chi connectivity index (χ4n) is 2.18. The molecule has 1 aromatic rings. The van der Waals surface area contributed by atoms with Crippen molar-refractivity contribution in [3.05, 3.63) is 29.8 Å². The number of nitrogens with zero attached hydrogens (tertiary/aromatic N) is 1. The van der Waals surface area contributed by atoms with Gasteiger partial charge in [0.15, 0.2) is 0 Å². The Morgan fingerprint density at radius 3 is 3.00 bits per heavy atom. The smallest absolute Gasteiger partial charge is 0.141 e. The molecular formula is C12H16ClFN2. The summed E-state index contributed by atoms with van der Waals surface area (Å²) in [5, 5.41) is 3.61. The van der Waals surface area contributed by atoms with Crippen molar-refractivity contribution >= 4 is 11.6 Å². The third-order valence-electron chi connectivity index (χ3n) is 3.06. The predicted octanol–water partition coefficient (Wildman–Crippen LogP) is 2.72. The lowest BCUT2D eigenvalue weighted by molar-refractivity contribution is 0.492. The SMILES string of the molecule is Fc1cncc(CNCC2CCCC2Cl)c1. The first-order valence-corrected chi connectivity index (χ1v) is 6.13. The zero-order chi connectivity index (χ0) is 11.4. The molecule has 1 fully saturated rings. The highest BCUT2D eigenvalue weighted by molar-refractivity contribution is 6.20. The molecule has 1 saturated carbocycles. The van der Waals surface area contributed by atoms with Crippen molar-refractivity contribution in [2.45, 2.75) is 31.2 Å². The van der Waals surface area contributed by atoms with Gasteiger partial charge in [0.25, 0.3) is 0 Å². The monoisotopic (exact) mass is 242 g/mol. The lowest BCUT2D eigenvalue weighted by atomic mass is 10.1. The van der Waals surface area contributed by atoms with E-state index in [9.17, 15) is 4.39 Å². The van der Waals surface area contributed by atoms with E-state index in [1.807, 2.05) is 0 Å². The number of hydrogen-bond acceptors (Lipinski definition) is 2. The normalized spacial score (nSPS) is 24.9. The molecule has 2 rings (SSSR count). The van der Waals surface area contributed by atoms with Gasteiger partial charge in [0.1, 0.15) is 5.82 Å². The van der Waals surface area contributed by atoms with E-state index in [1.165, 1.54) is 25.1 Å². The van der Waals surface area contributed by atoms with Gasteiger partial charge in [0, 0.05) is 18.1 Å². The molecule has 0 spiro atoms. The standard InChI is InChI=1S/C12H16ClFN2/c13-12-3-1-2-10(12)7-15-5-9-4-11(14)8-16-6-9/h4,6,8,10,12,15H,1-3,5,7H2. The Bertz CT molecular complexity index is 346. The Balaban J connectivity index is 1.75. The van der Waals surface area contributed by atoms with E-state index in [4.69, 9.17) is 11.6 Å². The first-order valence-electron chi connectivity index (χ1n) is 5.70. The van der Waals surface area contributed by atoms with Crippen LogP contribution in [0, 0.1) is 11.7 Å². The van der Waals surface area contributed by atoms with Gasteiger partial charge in [-0.15, -0.1) is 11.6 Å². The Hall–Kier alpha value is -0.670. The Kier molecular flexibility index (Phi) is 4.13. The van der Waals surface area contributed by atoms with Crippen molar-refractivity contribution in [3.8, 4) is 0 Å². The predicted molar refractivity (Wildman–Crippen MR) is 62.9 cm³/mol. The van der Waals surface area contributed by atoms with Gasteiger partial charge in [-0.25, -0.2) is 4.39 Å². The van der Waals surface area contributed by atoms with Gasteiger partial charge in [-0.2, -0.15) is 0 Å². The lowest BCUT2D eigenvalue weighted by Crippen LogP contribution is -2.25. The summed E-state index contributed by atoms with van der Waals surface area (Å²) in [5.74, 6) is 0.276. The largest absolute Gasteiger partial charge is 0.312 e. The molecule has 1 heterocycles. The number of halogens is 2. The van der Waals surface area contributed by atoms with E-state index in [0.29, 0.717) is 17.8 Å². The molecule has 1 aliphatic carbocycles. The summed E-state index contributed by atoms with van der Waals surface area (Å²) < 4.78 is 12.8. The molecule has 1 N–H and O–H groups in total. The minimum absolute atomic E-state index is 0.282. The van der Waals surface area contributed by atoms with Crippen LogP contribution in [0.5, 0.6) is 0 Å². The first-order chi connectivity index (χ1) is 7.75. The highest BCUT2D eigenvalue weighted by Crippen LogP contribution is 2.29. The maximum absolute atomic E-state index is 12.8. The Morgan fingerprint density at radius 2 is 2.31 bits per heavy atom. The van der Waals surface area contributed by atoms with Gasteiger partial charge in [0.2, 0.25) is 0 Å². The molecule has 1 aromatic heterocycles. The van der Waals surface area contributed by atoms with E-state index in [-0.39, 0.29) is 5.82 Å². The molecule has 0 radical (unpaired) electrons. The van der Waals surface area contributed by atoms with Gasteiger partial charge < -0.3 is 5.32 Å². The van der Waals surface area contributed by atoms with Crippen LogP contribution >= 0.6 is 11.6 Å². The number of hydrogen-bond donors (Lipinski definition) is 1. The van der Waals surface area contributed by atoms with Gasteiger partial charge in [0.05, 0.1) is 6.20 Å². The topological polar surface area (TPSA) is 24.9 Å². The summed E-state index contributed by atoms with van der Waals surface area (Å²) in [6, 6.07) is 1.51. The molecule has 0 aromatic carbocycles. The molecule has 0 saturated heterocycles. The molecule has 0 aliphatic heterocycles. The molecule has 1 aliphatic rings. The van der Waals surface area contributed by atoms with Crippen LogP contribution in [-0.2, 0) is 6.54 Å². The molecular weight excluding hydrogens is 227 g/mol. The zero-order valence-electron chi connectivity index (χ0n) is 9.13. The third kappa shape index (κ3) is 3.16. The maximum Gasteiger partial charge on any atom is 0.141 e. The summed E-state index contributed by atoms with van der Waals surface area (Å²) in [4.78, 5) is 3.81. The number of alkyl halides is 1. The average Bonchev–Trinajstić information content (AvgIpc) is 2.65. The molecule has 4 heteroatoms. The average molecular weight is 243 g/mol. The van der Waals surface area contributed by atoms with Gasteiger partial charge >= 0.3 is 0 Å². The van der Waals surface area contributed by atoms with Gasteiger partial charge in [-0.05, 0) is 36.9 Å². The first kappa shape index (κ1) is 11.8. The van der Waals surface area contributed by atoms with Crippen LogP contribution in [0.15, 0.2) is 18.5 Å². The number of rotatable bonds is 4. The van der Waals surface area contributed by atoms with Crippen molar-refractivity contribution in [3.63, 3.8) is 0 Å². The Labute approximate surface area is 100 Å². The van der Waals surface area contributed by atoms with E-state index < -0.39 is 0 Å². The number of pyridine rings is 1. The quantitative estimate of drug-likeness (QED) is 0.822. The molecule has 0 amide bonds. The van der Waals surface area contributed by atoms with Crippen molar-refractivity contribution in [1.29, 1.82) is 0 Å². The van der Waals surface area contributed by atoms with Crippen LogP contribution in [-0.4, -0.2) is 16.9 Å². The lowest BCUT2D eigenvalue weighted by Gasteiger charge is -2.14. The molecule has 2 atom stereocenters. The second-order valence-electron chi connectivity index (χ2n) is 4.35. The van der Waals surface area contributed by atoms with E-state index >= 15 is 0 Å². The molecule has 16 heavy (non-hydrogen) atoms. The van der Waals surface area contributed by atoms with E-state index in [1.54, 1.807) is 6.20 Å². The maximum atomic E-state index is 12.8. The van der Waals surface area contributed by atoms with Crippen molar-refractivity contribution < 1.29 is 4.39 Å². The van der Waals surface area contributed by atoms with Crippen LogP contribution < -0.4 is 5.32 Å².